The van der Waals surface area contributed by atoms with Crippen molar-refractivity contribution < 1.29 is 33.0 Å². The van der Waals surface area contributed by atoms with E-state index in [1.165, 1.54) is 16.8 Å². The highest BCUT2D eigenvalue weighted by molar-refractivity contribution is 6.50. The normalized spacial score (nSPS) is 15.6. The molecule has 0 saturated heterocycles. The molecule has 0 fully saturated rings. The first-order valence-electron chi connectivity index (χ1n) is 10.3. The monoisotopic (exact) mass is 469 g/mol. The summed E-state index contributed by atoms with van der Waals surface area (Å²) in [5.41, 5.74) is 0.670. The van der Waals surface area contributed by atoms with Gasteiger partial charge in [-0.25, -0.2) is 0 Å². The number of halogens is 3. The molecule has 5 rings (SSSR count). The molecular weight excluding hydrogens is 451 g/mol. The maximum absolute atomic E-state index is 13.5. The number of aromatic amines is 1. The van der Waals surface area contributed by atoms with Crippen LogP contribution in [0.15, 0.2) is 54.9 Å². The molecule has 10 heteroatoms. The minimum absolute atomic E-state index is 0.0432. The van der Waals surface area contributed by atoms with Gasteiger partial charge in [0.05, 0.1) is 36.0 Å². The molecule has 7 nitrogen and oxygen atoms in total. The Hall–Kier alpha value is -3.89. The van der Waals surface area contributed by atoms with Crippen LogP contribution in [0.3, 0.4) is 0 Å². The van der Waals surface area contributed by atoms with Gasteiger partial charge in [-0.15, -0.1) is 0 Å². The first-order valence-corrected chi connectivity index (χ1v) is 10.3. The van der Waals surface area contributed by atoms with E-state index in [-0.39, 0.29) is 28.6 Å². The molecule has 0 aliphatic carbocycles. The van der Waals surface area contributed by atoms with Crippen LogP contribution in [0.1, 0.15) is 16.7 Å². The summed E-state index contributed by atoms with van der Waals surface area (Å²) in [6.07, 6.45) is -2.80. The second-order valence-electron chi connectivity index (χ2n) is 8.04. The van der Waals surface area contributed by atoms with Crippen molar-refractivity contribution >= 4 is 44.8 Å². The molecular formula is C24H18F3N3O4. The third-order valence-corrected chi connectivity index (χ3v) is 5.89. The van der Waals surface area contributed by atoms with E-state index in [9.17, 15) is 33.0 Å². The summed E-state index contributed by atoms with van der Waals surface area (Å²) in [6, 6.07) is 10.2. The van der Waals surface area contributed by atoms with Crippen LogP contribution in [0.25, 0.3) is 33.0 Å². The van der Waals surface area contributed by atoms with Crippen LogP contribution in [-0.2, 0) is 22.3 Å². The van der Waals surface area contributed by atoms with E-state index in [0.717, 1.165) is 17.6 Å². The summed E-state index contributed by atoms with van der Waals surface area (Å²) in [5.74, 6) is -1.39. The van der Waals surface area contributed by atoms with Crippen molar-refractivity contribution in [2.24, 2.45) is 0 Å². The summed E-state index contributed by atoms with van der Waals surface area (Å²) in [5, 5.41) is 22.2. The molecule has 34 heavy (non-hydrogen) atoms. The van der Waals surface area contributed by atoms with Gasteiger partial charge in [-0.2, -0.15) is 13.2 Å². The highest BCUT2D eigenvalue weighted by Crippen LogP contribution is 2.40. The maximum Gasteiger partial charge on any atom is 0.416 e. The Morgan fingerprint density at radius 1 is 0.971 bits per heavy atom. The maximum atomic E-state index is 13.5. The predicted molar refractivity (Wildman–Crippen MR) is 118 cm³/mol. The number of H-pyrrole nitrogens is 1. The number of hydrogen-bond donors (Lipinski definition) is 4. The highest BCUT2D eigenvalue weighted by Gasteiger charge is 2.36. The Bertz CT molecular complexity index is 1500. The smallest absolute Gasteiger partial charge is 0.394 e. The highest BCUT2D eigenvalue weighted by atomic mass is 19.4. The quantitative estimate of drug-likeness (QED) is 0.337. The molecule has 0 saturated carbocycles. The molecule has 4 N–H and O–H groups in total. The third-order valence-electron chi connectivity index (χ3n) is 5.89. The topological polar surface area (TPSA) is 107 Å². The number of alkyl halides is 3. The van der Waals surface area contributed by atoms with E-state index in [4.69, 9.17) is 0 Å². The zero-order valence-electron chi connectivity index (χ0n) is 17.5. The van der Waals surface area contributed by atoms with Gasteiger partial charge in [0.15, 0.2) is 0 Å². The number of nitrogens with zero attached hydrogens (tertiary/aromatic N) is 1. The van der Waals surface area contributed by atoms with E-state index in [1.807, 2.05) is 0 Å². The van der Waals surface area contributed by atoms with Gasteiger partial charge < -0.3 is 19.8 Å². The Morgan fingerprint density at radius 3 is 2.38 bits per heavy atom. The second-order valence-corrected chi connectivity index (χ2v) is 8.04. The van der Waals surface area contributed by atoms with Crippen molar-refractivity contribution in [3.05, 3.63) is 71.5 Å². The molecule has 2 aromatic heterocycles. The van der Waals surface area contributed by atoms with Crippen molar-refractivity contribution in [2.75, 3.05) is 6.61 Å². The van der Waals surface area contributed by atoms with Crippen molar-refractivity contribution in [1.29, 1.82) is 0 Å². The number of carbonyl (C=O) groups excluding carboxylic acids is 2. The number of imide groups is 1. The van der Waals surface area contributed by atoms with Crippen LogP contribution >= 0.6 is 0 Å². The van der Waals surface area contributed by atoms with Gasteiger partial charge >= 0.3 is 6.18 Å². The summed E-state index contributed by atoms with van der Waals surface area (Å²) in [6.45, 7) is -0.679. The predicted octanol–water partition coefficient (Wildman–Crippen LogP) is 3.06. The summed E-state index contributed by atoms with van der Waals surface area (Å²) in [4.78, 5) is 28.8. The number of aliphatic hydroxyl groups excluding tert-OH is 2. The van der Waals surface area contributed by atoms with Gasteiger partial charge in [-0.3, -0.25) is 14.9 Å². The summed E-state index contributed by atoms with van der Waals surface area (Å²) in [7, 11) is 0. The van der Waals surface area contributed by atoms with E-state index in [1.54, 1.807) is 30.5 Å². The van der Waals surface area contributed by atoms with Crippen LogP contribution in [0.2, 0.25) is 0 Å². The van der Waals surface area contributed by atoms with Crippen LogP contribution in [0, 0.1) is 0 Å². The van der Waals surface area contributed by atoms with Gasteiger partial charge in [0, 0.05) is 45.3 Å². The molecule has 4 aromatic rings. The molecule has 1 unspecified atom stereocenters. The molecule has 2 aromatic carbocycles. The largest absolute Gasteiger partial charge is 0.416 e. The minimum Gasteiger partial charge on any atom is -0.394 e. The number of benzene rings is 2. The van der Waals surface area contributed by atoms with Crippen molar-refractivity contribution in [1.82, 2.24) is 14.9 Å². The average molecular weight is 469 g/mol. The fraction of sp³-hybridized carbons (Fsp3) is 0.167. The number of fused-ring (bicyclic) bond motifs is 2. The zero-order valence-corrected chi connectivity index (χ0v) is 17.5. The van der Waals surface area contributed by atoms with Crippen molar-refractivity contribution in [2.45, 2.75) is 18.8 Å². The van der Waals surface area contributed by atoms with Crippen LogP contribution in [0.4, 0.5) is 13.2 Å². The molecule has 1 aliphatic heterocycles. The molecule has 0 spiro atoms. The van der Waals surface area contributed by atoms with Crippen LogP contribution < -0.4 is 5.32 Å². The lowest BCUT2D eigenvalue weighted by Gasteiger charge is -2.11. The number of aromatic nitrogens is 2. The first-order chi connectivity index (χ1) is 16.2. The number of hydrogen-bond acceptors (Lipinski definition) is 4. The molecule has 0 bridgehead atoms. The number of para-hydroxylation sites is 1. The zero-order chi connectivity index (χ0) is 24.2. The standard InChI is InChI=1S/C24H18F3N3O4/c25-24(26,27)12-5-6-19-15(7-12)17(10-30(19)9-13(32)11-31)21-20(22(33)29-23(21)34)16-8-28-18-4-2-1-3-14(16)18/h1-8,10,13,28,31-32H,9,11H2,(H,29,33,34). The molecule has 0 radical (unpaired) electrons. The van der Waals surface area contributed by atoms with Gasteiger partial charge in [0.25, 0.3) is 11.8 Å². The first kappa shape index (κ1) is 21.9. The number of amides is 2. The lowest BCUT2D eigenvalue weighted by Crippen LogP contribution is -2.22. The second kappa shape index (κ2) is 7.86. The van der Waals surface area contributed by atoms with Crippen LogP contribution in [0.5, 0.6) is 0 Å². The fourth-order valence-electron chi connectivity index (χ4n) is 4.36. The molecule has 1 atom stereocenters. The van der Waals surface area contributed by atoms with E-state index in [2.05, 4.69) is 10.3 Å². The van der Waals surface area contributed by atoms with E-state index in [0.29, 0.717) is 16.5 Å². The number of carbonyl (C=O) groups is 2. The van der Waals surface area contributed by atoms with Crippen LogP contribution in [-0.4, -0.2) is 44.3 Å². The van der Waals surface area contributed by atoms with Gasteiger partial charge in [-0.05, 0) is 24.3 Å². The van der Waals surface area contributed by atoms with Crippen molar-refractivity contribution in [3.63, 3.8) is 0 Å². The van der Waals surface area contributed by atoms with Gasteiger partial charge in [-0.1, -0.05) is 18.2 Å². The average Bonchev–Trinajstić information content (AvgIpc) is 3.45. The lowest BCUT2D eigenvalue weighted by atomic mass is 9.95. The molecule has 3 heterocycles. The molecule has 174 valence electrons. The van der Waals surface area contributed by atoms with Gasteiger partial charge in [0.1, 0.15) is 0 Å². The Morgan fingerprint density at radius 2 is 1.68 bits per heavy atom. The Balaban J connectivity index is 1.81. The summed E-state index contributed by atoms with van der Waals surface area (Å²) < 4.78 is 41.9. The molecule has 1 aliphatic rings. The number of aliphatic hydroxyl groups is 2. The SMILES string of the molecule is O=C1NC(=O)C(c2cn(CC(O)CO)c3ccc(C(F)(F)F)cc23)=C1c1c[nH]c2ccccc12. The third kappa shape index (κ3) is 3.47. The van der Waals surface area contributed by atoms with Gasteiger partial charge in [0.2, 0.25) is 0 Å². The van der Waals surface area contributed by atoms with E-state index >= 15 is 0 Å². The lowest BCUT2D eigenvalue weighted by molar-refractivity contribution is -0.137. The van der Waals surface area contributed by atoms with Crippen molar-refractivity contribution in [3.8, 4) is 0 Å². The Kier molecular flexibility index (Phi) is 5.07. The summed E-state index contributed by atoms with van der Waals surface area (Å²) >= 11 is 0. The number of rotatable bonds is 5. The Labute approximate surface area is 190 Å². The number of nitrogens with one attached hydrogen (secondary N) is 2. The van der Waals surface area contributed by atoms with E-state index < -0.39 is 36.3 Å². The minimum atomic E-state index is -4.63. The molecule has 2 amide bonds. The fourth-order valence-corrected chi connectivity index (χ4v) is 4.36.